The number of nitrogens with zero attached hydrogens (tertiary/aromatic N) is 6. The van der Waals surface area contributed by atoms with Crippen LogP contribution in [0.25, 0.3) is 33.7 Å². The van der Waals surface area contributed by atoms with Crippen molar-refractivity contribution in [2.75, 3.05) is 24.1 Å². The maximum Gasteiger partial charge on any atom is 0.234 e. The lowest BCUT2D eigenvalue weighted by Crippen LogP contribution is -2.40. The highest BCUT2D eigenvalue weighted by Gasteiger charge is 2.39. The molecule has 8 rings (SSSR count). The van der Waals surface area contributed by atoms with Gasteiger partial charge in [0.1, 0.15) is 29.3 Å². The van der Waals surface area contributed by atoms with Crippen molar-refractivity contribution in [1.29, 1.82) is 0 Å². The fourth-order valence-corrected chi connectivity index (χ4v) is 6.95. The zero-order chi connectivity index (χ0) is 34.2. The number of carbonyl (C=O) groups excluding carboxylic acids is 3. The van der Waals surface area contributed by atoms with Gasteiger partial charge in [0.05, 0.1) is 28.6 Å². The molecule has 0 bridgehead atoms. The van der Waals surface area contributed by atoms with Crippen molar-refractivity contribution in [3.05, 3.63) is 66.3 Å². The number of anilines is 2. The third kappa shape index (κ3) is 6.16. The number of nitrogen functional groups attached to an aromatic ring is 1. The van der Waals surface area contributed by atoms with E-state index >= 15 is 0 Å². The van der Waals surface area contributed by atoms with Gasteiger partial charge in [0.25, 0.3) is 0 Å². The number of benzene rings is 1. The summed E-state index contributed by atoms with van der Waals surface area (Å²) in [6, 6.07) is 13.5. The standard InChI is InChI=1S/C36H38N10O4/c37-33-29-30(31-28(26-5-1-2-15-39-26)32(50-45-31)21-6-7-21)44-46(34(29)42-19-41-33)24-17-22(18-24)35(48)40-16-4-3-14-38-23-10-8-20(9-11-23)25-12-13-27(47)43-36(25)49/h1-2,5,8-11,15,19,21-22,24-25,38H,3-4,6-7,12-14,16-18H2,(H,40,48)(H2,37,41,42)(H,43,47,49)/t22?,24?,25-/m1/s1. The van der Waals surface area contributed by atoms with Crippen LogP contribution in [0.2, 0.25) is 0 Å². The second-order valence-electron chi connectivity index (χ2n) is 13.4. The Labute approximate surface area is 287 Å². The second kappa shape index (κ2) is 13.3. The molecule has 14 nitrogen and oxygen atoms in total. The molecule has 1 aromatic carbocycles. The van der Waals surface area contributed by atoms with Crippen molar-refractivity contribution in [3.8, 4) is 22.6 Å². The molecule has 3 fully saturated rings. The largest absolute Gasteiger partial charge is 0.385 e. The zero-order valence-electron chi connectivity index (χ0n) is 27.5. The van der Waals surface area contributed by atoms with Crippen LogP contribution in [0.5, 0.6) is 0 Å². The van der Waals surface area contributed by atoms with Crippen LogP contribution in [0.4, 0.5) is 11.5 Å². The van der Waals surface area contributed by atoms with Crippen molar-refractivity contribution in [2.24, 2.45) is 5.92 Å². The van der Waals surface area contributed by atoms with Gasteiger partial charge in [-0.15, -0.1) is 0 Å². The number of nitrogens with two attached hydrogens (primary N) is 1. The van der Waals surface area contributed by atoms with Gasteiger partial charge in [-0.2, -0.15) is 5.10 Å². The first kappa shape index (κ1) is 31.6. The van der Waals surface area contributed by atoms with Gasteiger partial charge in [0.15, 0.2) is 5.65 Å². The van der Waals surface area contributed by atoms with E-state index in [1.807, 2.05) is 47.1 Å². The number of nitrogens with one attached hydrogen (secondary N) is 3. The van der Waals surface area contributed by atoms with E-state index in [1.165, 1.54) is 6.33 Å². The lowest BCUT2D eigenvalue weighted by Gasteiger charge is -2.34. The van der Waals surface area contributed by atoms with Gasteiger partial charge < -0.3 is 20.9 Å². The molecule has 1 saturated heterocycles. The molecule has 3 aliphatic rings. The number of hydrogen-bond donors (Lipinski definition) is 4. The number of aromatic nitrogens is 6. The summed E-state index contributed by atoms with van der Waals surface area (Å²) in [5.41, 5.74) is 11.6. The van der Waals surface area contributed by atoms with Gasteiger partial charge in [0, 0.05) is 43.2 Å². The highest BCUT2D eigenvalue weighted by molar-refractivity contribution is 6.01. The van der Waals surface area contributed by atoms with E-state index in [1.54, 1.807) is 6.20 Å². The van der Waals surface area contributed by atoms with E-state index < -0.39 is 0 Å². The minimum Gasteiger partial charge on any atom is -0.385 e. The van der Waals surface area contributed by atoms with E-state index in [-0.39, 0.29) is 35.6 Å². The summed E-state index contributed by atoms with van der Waals surface area (Å²) < 4.78 is 7.76. The highest BCUT2D eigenvalue weighted by atomic mass is 16.5. The molecule has 1 atom stereocenters. The lowest BCUT2D eigenvalue weighted by atomic mass is 9.79. The summed E-state index contributed by atoms with van der Waals surface area (Å²) >= 11 is 0. The van der Waals surface area contributed by atoms with Crippen LogP contribution in [0.3, 0.4) is 0 Å². The van der Waals surface area contributed by atoms with Crippen LogP contribution in [0, 0.1) is 5.92 Å². The summed E-state index contributed by atoms with van der Waals surface area (Å²) in [6.07, 6.45) is 9.18. The summed E-state index contributed by atoms with van der Waals surface area (Å²) in [4.78, 5) is 50.0. The molecule has 3 amide bonds. The Morgan fingerprint density at radius 3 is 2.56 bits per heavy atom. The number of amides is 3. The van der Waals surface area contributed by atoms with Gasteiger partial charge in [-0.1, -0.05) is 23.4 Å². The predicted molar refractivity (Wildman–Crippen MR) is 184 cm³/mol. The SMILES string of the molecule is Nc1ncnc2c1c(-c1noc(C3CC3)c1-c1ccccn1)nn2C1CC(C(=O)NCCCCNc2ccc([C@H]3CCC(=O)NC3=O)cc2)C1. The normalized spacial score (nSPS) is 20.4. The molecule has 5 N–H and O–H groups in total. The fraction of sp³-hybridized carbons (Fsp3) is 0.389. The average molecular weight is 675 g/mol. The van der Waals surface area contributed by atoms with Gasteiger partial charge in [0.2, 0.25) is 17.7 Å². The van der Waals surface area contributed by atoms with Crippen LogP contribution in [-0.4, -0.2) is 60.7 Å². The first-order valence-corrected chi connectivity index (χ1v) is 17.3. The fourth-order valence-electron chi connectivity index (χ4n) is 6.95. The summed E-state index contributed by atoms with van der Waals surface area (Å²) in [7, 11) is 0. The Balaban J connectivity index is 0.851. The Bertz CT molecular complexity index is 2050. The molecule has 2 aliphatic carbocycles. The maximum absolute atomic E-state index is 13.0. The Hall–Kier alpha value is -5.66. The summed E-state index contributed by atoms with van der Waals surface area (Å²) in [6.45, 7) is 1.36. The van der Waals surface area contributed by atoms with Crippen molar-refractivity contribution in [1.82, 2.24) is 40.5 Å². The van der Waals surface area contributed by atoms with Crippen LogP contribution in [0.1, 0.15) is 80.6 Å². The first-order valence-electron chi connectivity index (χ1n) is 17.3. The molecule has 4 aromatic heterocycles. The van der Waals surface area contributed by atoms with Gasteiger partial charge in [-0.3, -0.25) is 24.7 Å². The number of pyridine rings is 1. The maximum atomic E-state index is 13.0. The molecule has 0 spiro atoms. The predicted octanol–water partition coefficient (Wildman–Crippen LogP) is 4.48. The third-order valence-corrected chi connectivity index (χ3v) is 9.94. The number of imide groups is 1. The number of unbranched alkanes of at least 4 members (excludes halogenated alkanes) is 1. The van der Waals surface area contributed by atoms with E-state index in [9.17, 15) is 14.4 Å². The average Bonchev–Trinajstić information content (AvgIpc) is 3.74. The molecular formula is C36H38N10O4. The van der Waals surface area contributed by atoms with Crippen molar-refractivity contribution < 1.29 is 18.9 Å². The molecular weight excluding hydrogens is 636 g/mol. The Morgan fingerprint density at radius 2 is 1.80 bits per heavy atom. The van der Waals surface area contributed by atoms with Gasteiger partial charge >= 0.3 is 0 Å². The van der Waals surface area contributed by atoms with Crippen LogP contribution < -0.4 is 21.7 Å². The van der Waals surface area contributed by atoms with Crippen molar-refractivity contribution >= 4 is 40.3 Å². The third-order valence-electron chi connectivity index (χ3n) is 9.94. The number of piperidine rings is 1. The quantitative estimate of drug-likeness (QED) is 0.108. The molecule has 14 heteroatoms. The number of rotatable bonds is 12. The Kier molecular flexibility index (Phi) is 8.43. The summed E-state index contributed by atoms with van der Waals surface area (Å²) in [5, 5.41) is 19.0. The molecule has 0 unspecified atom stereocenters. The Morgan fingerprint density at radius 1 is 0.980 bits per heavy atom. The van der Waals surface area contributed by atoms with Gasteiger partial charge in [-0.05, 0) is 74.8 Å². The monoisotopic (exact) mass is 674 g/mol. The first-order chi connectivity index (χ1) is 24.4. The van der Waals surface area contributed by atoms with Crippen LogP contribution in [-0.2, 0) is 14.4 Å². The molecule has 50 heavy (non-hydrogen) atoms. The van der Waals surface area contributed by atoms with Crippen LogP contribution in [0.15, 0.2) is 59.5 Å². The van der Waals surface area contributed by atoms with Crippen molar-refractivity contribution in [3.63, 3.8) is 0 Å². The van der Waals surface area contributed by atoms with Crippen LogP contribution >= 0.6 is 0 Å². The highest BCUT2D eigenvalue weighted by Crippen LogP contribution is 2.49. The number of hydrogen-bond acceptors (Lipinski definition) is 11. The van der Waals surface area contributed by atoms with E-state index in [4.69, 9.17) is 15.4 Å². The van der Waals surface area contributed by atoms with Gasteiger partial charge in [-0.25, -0.2) is 14.6 Å². The number of carbonyl (C=O) groups is 3. The minimum atomic E-state index is -0.286. The molecule has 5 aromatic rings. The molecule has 5 heterocycles. The van der Waals surface area contributed by atoms with E-state index in [0.717, 1.165) is 60.5 Å². The minimum absolute atomic E-state index is 0.0185. The van der Waals surface area contributed by atoms with E-state index in [0.29, 0.717) is 66.4 Å². The summed E-state index contributed by atoms with van der Waals surface area (Å²) in [5.74, 6) is 0.645. The second-order valence-corrected chi connectivity index (χ2v) is 13.4. The molecule has 1 aliphatic heterocycles. The number of fused-ring (bicyclic) bond motifs is 1. The molecule has 256 valence electrons. The van der Waals surface area contributed by atoms with E-state index in [2.05, 4.69) is 36.1 Å². The lowest BCUT2D eigenvalue weighted by molar-refractivity contribution is -0.134. The molecule has 0 radical (unpaired) electrons. The smallest absolute Gasteiger partial charge is 0.234 e. The van der Waals surface area contributed by atoms with Crippen molar-refractivity contribution in [2.45, 2.75) is 69.2 Å². The zero-order valence-corrected chi connectivity index (χ0v) is 27.5. The topological polar surface area (TPSA) is 196 Å². The molecule has 2 saturated carbocycles.